The van der Waals surface area contributed by atoms with Gasteiger partial charge in [-0.1, -0.05) is 13.8 Å². The molecule has 0 aromatic heterocycles. The summed E-state index contributed by atoms with van der Waals surface area (Å²) in [4.78, 5) is 13.8. The molecule has 0 N–H and O–H groups in total. The Balaban J connectivity index is 2.73. The van der Waals surface area contributed by atoms with Crippen LogP contribution in [0.25, 0.3) is 0 Å². The van der Waals surface area contributed by atoms with E-state index in [1.165, 1.54) is 6.07 Å². The predicted molar refractivity (Wildman–Crippen MR) is 67.6 cm³/mol. The molecule has 0 heterocycles. The minimum absolute atomic E-state index is 0.199. The van der Waals surface area contributed by atoms with Crippen molar-refractivity contribution in [2.24, 2.45) is 5.92 Å². The first kappa shape index (κ1) is 14.8. The lowest BCUT2D eigenvalue weighted by atomic mass is 10.0. The molecular weight excluding hydrogens is 236 g/mol. The van der Waals surface area contributed by atoms with E-state index in [-0.39, 0.29) is 23.9 Å². The van der Waals surface area contributed by atoms with Crippen LogP contribution in [0.3, 0.4) is 0 Å². The zero-order chi connectivity index (χ0) is 13.9. The number of hydrogen-bond donors (Lipinski definition) is 0. The normalized spacial score (nSPS) is 13.1. The lowest BCUT2D eigenvalue weighted by molar-refractivity contribution is 0.0906. The molecule has 100 valence electrons. The molecule has 0 spiro atoms. The Hall–Kier alpha value is -1.29. The number of rotatable bonds is 5. The van der Waals surface area contributed by atoms with Gasteiger partial charge in [-0.3, -0.25) is 9.69 Å². The summed E-state index contributed by atoms with van der Waals surface area (Å²) in [7, 11) is 1.85. The van der Waals surface area contributed by atoms with Crippen LogP contribution in [0.4, 0.5) is 8.78 Å². The number of benzene rings is 1. The molecule has 0 aliphatic rings. The van der Waals surface area contributed by atoms with E-state index in [1.807, 2.05) is 18.9 Å². The van der Waals surface area contributed by atoms with Crippen LogP contribution in [-0.2, 0) is 0 Å². The van der Waals surface area contributed by atoms with Crippen LogP contribution in [0.1, 0.15) is 31.1 Å². The first-order valence-electron chi connectivity index (χ1n) is 6.01. The van der Waals surface area contributed by atoms with Gasteiger partial charge in [0.05, 0.1) is 6.54 Å². The molecule has 0 bridgehead atoms. The van der Waals surface area contributed by atoms with E-state index in [1.54, 1.807) is 0 Å². The van der Waals surface area contributed by atoms with Gasteiger partial charge in [0.25, 0.3) is 0 Å². The van der Waals surface area contributed by atoms with Gasteiger partial charge in [0.2, 0.25) is 0 Å². The fourth-order valence-corrected chi connectivity index (χ4v) is 1.64. The average Bonchev–Trinajstić information content (AvgIpc) is 2.31. The number of carbonyl (C=O) groups excluding carboxylic acids is 1. The van der Waals surface area contributed by atoms with Crippen LogP contribution < -0.4 is 0 Å². The summed E-state index contributed by atoms with van der Waals surface area (Å²) in [5, 5.41) is 0. The van der Waals surface area contributed by atoms with Gasteiger partial charge in [0.1, 0.15) is 0 Å². The van der Waals surface area contributed by atoms with Crippen LogP contribution in [0.2, 0.25) is 0 Å². The SMILES string of the molecule is CC(C)C(C)N(C)CC(=O)c1ccc(F)c(F)c1. The topological polar surface area (TPSA) is 20.3 Å². The van der Waals surface area contributed by atoms with Crippen molar-refractivity contribution in [2.75, 3.05) is 13.6 Å². The maximum absolute atomic E-state index is 13.0. The number of likely N-dealkylation sites (N-methyl/N-ethyl adjacent to an activating group) is 1. The molecule has 0 aliphatic carbocycles. The van der Waals surface area contributed by atoms with Crippen molar-refractivity contribution in [1.82, 2.24) is 4.90 Å². The first-order chi connectivity index (χ1) is 8.32. The van der Waals surface area contributed by atoms with Gasteiger partial charge in [-0.2, -0.15) is 0 Å². The number of hydrogen-bond acceptors (Lipinski definition) is 2. The summed E-state index contributed by atoms with van der Waals surface area (Å²) in [6, 6.07) is 3.49. The maximum atomic E-state index is 13.0. The lowest BCUT2D eigenvalue weighted by Gasteiger charge is -2.27. The van der Waals surface area contributed by atoms with Gasteiger partial charge in [-0.25, -0.2) is 8.78 Å². The lowest BCUT2D eigenvalue weighted by Crippen LogP contribution is -2.37. The van der Waals surface area contributed by atoms with Crippen LogP contribution in [0, 0.1) is 17.6 Å². The molecule has 0 saturated carbocycles. The molecule has 1 atom stereocenters. The molecule has 0 saturated heterocycles. The quantitative estimate of drug-likeness (QED) is 0.753. The second-order valence-electron chi connectivity index (χ2n) is 4.95. The van der Waals surface area contributed by atoms with Crippen molar-refractivity contribution >= 4 is 5.78 Å². The maximum Gasteiger partial charge on any atom is 0.176 e. The minimum Gasteiger partial charge on any atom is -0.296 e. The standard InChI is InChI=1S/C14H19F2NO/c1-9(2)10(3)17(4)8-14(18)11-5-6-12(15)13(16)7-11/h5-7,9-10H,8H2,1-4H3. The highest BCUT2D eigenvalue weighted by molar-refractivity contribution is 5.97. The fraction of sp³-hybridized carbons (Fsp3) is 0.500. The highest BCUT2D eigenvalue weighted by Gasteiger charge is 2.17. The smallest absolute Gasteiger partial charge is 0.176 e. The highest BCUT2D eigenvalue weighted by Crippen LogP contribution is 2.12. The van der Waals surface area contributed by atoms with Crippen molar-refractivity contribution in [1.29, 1.82) is 0 Å². The van der Waals surface area contributed by atoms with E-state index in [4.69, 9.17) is 0 Å². The second-order valence-corrected chi connectivity index (χ2v) is 4.95. The van der Waals surface area contributed by atoms with E-state index in [2.05, 4.69) is 13.8 Å². The summed E-state index contributed by atoms with van der Waals surface area (Å²) in [6.45, 7) is 6.38. The van der Waals surface area contributed by atoms with Crippen molar-refractivity contribution in [3.63, 3.8) is 0 Å². The van der Waals surface area contributed by atoms with Crippen molar-refractivity contribution < 1.29 is 13.6 Å². The van der Waals surface area contributed by atoms with Gasteiger partial charge in [-0.15, -0.1) is 0 Å². The molecule has 18 heavy (non-hydrogen) atoms. The summed E-state index contributed by atoms with van der Waals surface area (Å²) < 4.78 is 25.8. The number of Topliss-reactive ketones (excluding diaryl/α,β-unsaturated/α-hetero) is 1. The summed E-state index contributed by atoms with van der Waals surface area (Å²) in [5.74, 6) is -1.70. The van der Waals surface area contributed by atoms with Crippen LogP contribution in [-0.4, -0.2) is 30.3 Å². The van der Waals surface area contributed by atoms with Crippen molar-refractivity contribution in [2.45, 2.75) is 26.8 Å². The van der Waals surface area contributed by atoms with Gasteiger partial charge < -0.3 is 0 Å². The Morgan fingerprint density at radius 2 is 1.83 bits per heavy atom. The van der Waals surface area contributed by atoms with Crippen molar-refractivity contribution in [3.8, 4) is 0 Å². The fourth-order valence-electron chi connectivity index (χ4n) is 1.64. The molecule has 1 aromatic rings. The number of carbonyl (C=O) groups is 1. The third-order valence-electron chi connectivity index (χ3n) is 3.29. The molecule has 0 radical (unpaired) electrons. The third-order valence-corrected chi connectivity index (χ3v) is 3.29. The average molecular weight is 255 g/mol. The Bertz CT molecular complexity index is 432. The second kappa shape index (κ2) is 6.05. The number of ketones is 1. The molecule has 4 heteroatoms. The van der Waals surface area contributed by atoms with E-state index in [0.29, 0.717) is 5.92 Å². The monoisotopic (exact) mass is 255 g/mol. The first-order valence-corrected chi connectivity index (χ1v) is 6.01. The van der Waals surface area contributed by atoms with Gasteiger partial charge >= 0.3 is 0 Å². The molecule has 1 unspecified atom stereocenters. The van der Waals surface area contributed by atoms with Crippen LogP contribution in [0.5, 0.6) is 0 Å². The number of halogens is 2. The molecular formula is C14H19F2NO. The number of nitrogens with zero attached hydrogens (tertiary/aromatic N) is 1. The van der Waals surface area contributed by atoms with Gasteiger partial charge in [-0.05, 0) is 38.1 Å². The highest BCUT2D eigenvalue weighted by atomic mass is 19.2. The largest absolute Gasteiger partial charge is 0.296 e. The zero-order valence-electron chi connectivity index (χ0n) is 11.2. The molecule has 1 aromatic carbocycles. The van der Waals surface area contributed by atoms with Crippen LogP contribution in [0.15, 0.2) is 18.2 Å². The summed E-state index contributed by atoms with van der Waals surface area (Å²) >= 11 is 0. The molecule has 0 amide bonds. The van der Waals surface area contributed by atoms with Gasteiger partial charge in [0.15, 0.2) is 17.4 Å². The van der Waals surface area contributed by atoms with Crippen molar-refractivity contribution in [3.05, 3.63) is 35.4 Å². The van der Waals surface area contributed by atoms with Gasteiger partial charge in [0, 0.05) is 11.6 Å². The van der Waals surface area contributed by atoms with E-state index < -0.39 is 11.6 Å². The summed E-state index contributed by atoms with van der Waals surface area (Å²) in [6.07, 6.45) is 0. The summed E-state index contributed by atoms with van der Waals surface area (Å²) in [5.41, 5.74) is 0.205. The Labute approximate surface area is 107 Å². The molecule has 0 fully saturated rings. The van der Waals surface area contributed by atoms with E-state index in [0.717, 1.165) is 12.1 Å². The minimum atomic E-state index is -0.986. The Kier molecular flexibility index (Phi) is 4.96. The molecule has 1 rings (SSSR count). The van der Waals surface area contributed by atoms with Crippen LogP contribution >= 0.6 is 0 Å². The zero-order valence-corrected chi connectivity index (χ0v) is 11.2. The molecule has 0 aliphatic heterocycles. The molecule has 2 nitrogen and oxygen atoms in total. The van der Waals surface area contributed by atoms with E-state index >= 15 is 0 Å². The Morgan fingerprint density at radius 1 is 1.22 bits per heavy atom. The van der Waals surface area contributed by atoms with E-state index in [9.17, 15) is 13.6 Å². The third kappa shape index (κ3) is 3.60. The Morgan fingerprint density at radius 3 is 2.33 bits per heavy atom. The predicted octanol–water partition coefficient (Wildman–Crippen LogP) is 3.12.